The minimum absolute atomic E-state index is 0.253. The van der Waals surface area contributed by atoms with Crippen LogP contribution < -0.4 is 5.63 Å². The maximum absolute atomic E-state index is 12.3. The van der Waals surface area contributed by atoms with Crippen LogP contribution in [0.25, 0.3) is 22.4 Å². The molecule has 0 atom stereocenters. The summed E-state index contributed by atoms with van der Waals surface area (Å²) in [5.74, 6) is 0.375. The van der Waals surface area contributed by atoms with Gasteiger partial charge in [-0.3, -0.25) is 0 Å². The first-order valence-electron chi connectivity index (χ1n) is 7.50. The summed E-state index contributed by atoms with van der Waals surface area (Å²) in [6.45, 7) is 0. The number of thiophene rings is 1. The molecular formula is C18H15NO2S. The van der Waals surface area contributed by atoms with Crippen LogP contribution in [0.1, 0.15) is 34.7 Å². The largest absolute Gasteiger partial charge is 0.404 e. The van der Waals surface area contributed by atoms with Gasteiger partial charge < -0.3 is 4.42 Å². The van der Waals surface area contributed by atoms with Gasteiger partial charge in [-0.1, -0.05) is 30.3 Å². The molecule has 0 aliphatic heterocycles. The van der Waals surface area contributed by atoms with Crippen LogP contribution in [-0.2, 0) is 12.8 Å². The minimum atomic E-state index is -0.253. The van der Waals surface area contributed by atoms with Crippen molar-refractivity contribution in [3.8, 4) is 0 Å². The van der Waals surface area contributed by atoms with Crippen LogP contribution in [0.2, 0.25) is 0 Å². The molecule has 0 N–H and O–H groups in total. The number of aryl methyl sites for hydroxylation is 2. The molecule has 0 amide bonds. The topological polar surface area (TPSA) is 43.1 Å². The molecule has 1 aromatic carbocycles. The van der Waals surface area contributed by atoms with E-state index in [0.717, 1.165) is 29.7 Å². The summed E-state index contributed by atoms with van der Waals surface area (Å²) < 4.78 is 5.39. The monoisotopic (exact) mass is 309 g/mol. The summed E-state index contributed by atoms with van der Waals surface area (Å²) >= 11 is 1.64. The summed E-state index contributed by atoms with van der Waals surface area (Å²) in [6.07, 6.45) is 8.05. The van der Waals surface area contributed by atoms with E-state index < -0.39 is 0 Å². The van der Waals surface area contributed by atoms with Gasteiger partial charge in [-0.2, -0.15) is 0 Å². The first-order chi connectivity index (χ1) is 10.8. The Morgan fingerprint density at radius 1 is 1.09 bits per heavy atom. The first kappa shape index (κ1) is 13.5. The quantitative estimate of drug-likeness (QED) is 0.709. The van der Waals surface area contributed by atoms with E-state index in [1.165, 1.54) is 16.9 Å². The van der Waals surface area contributed by atoms with Gasteiger partial charge in [-0.15, -0.1) is 11.3 Å². The molecular weight excluding hydrogens is 294 g/mol. The van der Waals surface area contributed by atoms with Gasteiger partial charge in [0.25, 0.3) is 0 Å². The smallest absolute Gasteiger partial charge is 0.348 e. The second kappa shape index (κ2) is 5.54. The Morgan fingerprint density at radius 2 is 1.91 bits per heavy atom. The Bertz CT molecular complexity index is 906. The molecule has 110 valence electrons. The molecule has 0 spiro atoms. The van der Waals surface area contributed by atoms with Crippen molar-refractivity contribution < 1.29 is 4.42 Å². The lowest BCUT2D eigenvalue weighted by Crippen LogP contribution is -2.06. The molecule has 2 heterocycles. The number of hydrogen-bond acceptors (Lipinski definition) is 4. The molecule has 2 aromatic heterocycles. The molecule has 1 aliphatic carbocycles. The van der Waals surface area contributed by atoms with Crippen molar-refractivity contribution in [3.63, 3.8) is 0 Å². The van der Waals surface area contributed by atoms with Crippen molar-refractivity contribution in [1.29, 1.82) is 0 Å². The molecule has 0 saturated carbocycles. The Labute approximate surface area is 131 Å². The summed E-state index contributed by atoms with van der Waals surface area (Å²) in [4.78, 5) is 19.0. The second-order valence-electron chi connectivity index (χ2n) is 5.47. The number of nitrogens with zero attached hydrogens (tertiary/aromatic N) is 1. The van der Waals surface area contributed by atoms with Gasteiger partial charge in [0.2, 0.25) is 5.89 Å². The van der Waals surface area contributed by atoms with Crippen molar-refractivity contribution in [1.82, 2.24) is 4.98 Å². The molecule has 4 rings (SSSR count). The van der Waals surface area contributed by atoms with Gasteiger partial charge in [-0.25, -0.2) is 9.78 Å². The maximum atomic E-state index is 12.3. The van der Waals surface area contributed by atoms with Crippen molar-refractivity contribution >= 4 is 33.7 Å². The molecule has 1 aliphatic rings. The van der Waals surface area contributed by atoms with E-state index in [1.807, 2.05) is 36.4 Å². The van der Waals surface area contributed by atoms with Crippen LogP contribution in [-0.4, -0.2) is 4.98 Å². The van der Waals surface area contributed by atoms with Crippen molar-refractivity contribution in [2.24, 2.45) is 0 Å². The van der Waals surface area contributed by atoms with Crippen LogP contribution in [0.4, 0.5) is 0 Å². The molecule has 0 fully saturated rings. The minimum Gasteiger partial charge on any atom is -0.404 e. The highest BCUT2D eigenvalue weighted by atomic mass is 32.1. The average molecular weight is 309 g/mol. The van der Waals surface area contributed by atoms with Gasteiger partial charge in [0.1, 0.15) is 10.2 Å². The summed E-state index contributed by atoms with van der Waals surface area (Å²) in [5.41, 5.74) is 1.97. The van der Waals surface area contributed by atoms with Crippen molar-refractivity contribution in [2.75, 3.05) is 0 Å². The second-order valence-corrected chi connectivity index (χ2v) is 6.56. The van der Waals surface area contributed by atoms with E-state index in [4.69, 9.17) is 4.42 Å². The standard InChI is InChI=1S/C18H15NO2S/c20-18-16-13-8-4-5-9-14(13)22-17(16)19-15(21-18)11-10-12-6-2-1-3-7-12/h1-3,6-7,10-11H,4-5,8-9H2/b11-10+. The molecule has 3 nitrogen and oxygen atoms in total. The molecule has 22 heavy (non-hydrogen) atoms. The number of rotatable bonds is 2. The van der Waals surface area contributed by atoms with E-state index in [2.05, 4.69) is 4.98 Å². The number of aromatic nitrogens is 1. The molecule has 0 unspecified atom stereocenters. The predicted molar refractivity (Wildman–Crippen MR) is 90.2 cm³/mol. The van der Waals surface area contributed by atoms with Crippen LogP contribution in [0.15, 0.2) is 39.5 Å². The predicted octanol–water partition coefficient (Wildman–Crippen LogP) is 4.30. The van der Waals surface area contributed by atoms with Gasteiger partial charge >= 0.3 is 5.63 Å². The summed E-state index contributed by atoms with van der Waals surface area (Å²) in [7, 11) is 0. The zero-order valence-electron chi connectivity index (χ0n) is 12.0. The number of hydrogen-bond donors (Lipinski definition) is 0. The third-order valence-electron chi connectivity index (χ3n) is 3.98. The number of benzene rings is 1. The van der Waals surface area contributed by atoms with Crippen LogP contribution >= 0.6 is 11.3 Å². The van der Waals surface area contributed by atoms with Crippen molar-refractivity contribution in [2.45, 2.75) is 25.7 Å². The molecule has 0 bridgehead atoms. The fourth-order valence-corrected chi connectivity index (χ4v) is 4.16. The van der Waals surface area contributed by atoms with Crippen LogP contribution in [0.5, 0.6) is 0 Å². The molecule has 0 saturated heterocycles. The SMILES string of the molecule is O=c1oc(/C=C/c2ccccc2)nc2sc3c(c12)CCCC3. The molecule has 4 heteroatoms. The van der Waals surface area contributed by atoms with Gasteiger partial charge in [0.15, 0.2) is 0 Å². The van der Waals surface area contributed by atoms with Gasteiger partial charge in [-0.05, 0) is 42.9 Å². The Hall–Kier alpha value is -2.20. The number of fused-ring (bicyclic) bond motifs is 3. The van der Waals surface area contributed by atoms with Crippen LogP contribution in [0.3, 0.4) is 0 Å². The fraction of sp³-hybridized carbons (Fsp3) is 0.222. The van der Waals surface area contributed by atoms with Crippen molar-refractivity contribution in [3.05, 3.63) is 62.6 Å². The van der Waals surface area contributed by atoms with E-state index in [0.29, 0.717) is 11.3 Å². The highest BCUT2D eigenvalue weighted by Gasteiger charge is 2.20. The lowest BCUT2D eigenvalue weighted by molar-refractivity contribution is 0.490. The molecule has 0 radical (unpaired) electrons. The van der Waals surface area contributed by atoms with E-state index in [-0.39, 0.29) is 5.63 Å². The Kier molecular flexibility index (Phi) is 3.39. The van der Waals surface area contributed by atoms with E-state index in [1.54, 1.807) is 17.4 Å². The van der Waals surface area contributed by atoms with Crippen LogP contribution in [0, 0.1) is 0 Å². The maximum Gasteiger partial charge on any atom is 0.348 e. The third kappa shape index (κ3) is 2.40. The Balaban J connectivity index is 1.77. The lowest BCUT2D eigenvalue weighted by atomic mass is 9.97. The average Bonchev–Trinajstić information content (AvgIpc) is 2.92. The van der Waals surface area contributed by atoms with Gasteiger partial charge in [0.05, 0.1) is 0 Å². The summed E-state index contributed by atoms with van der Waals surface area (Å²) in [5, 5.41) is 0.705. The highest BCUT2D eigenvalue weighted by Crippen LogP contribution is 2.33. The Morgan fingerprint density at radius 3 is 2.77 bits per heavy atom. The lowest BCUT2D eigenvalue weighted by Gasteiger charge is -2.09. The first-order valence-corrected chi connectivity index (χ1v) is 8.31. The zero-order chi connectivity index (χ0) is 14.9. The zero-order valence-corrected chi connectivity index (χ0v) is 12.9. The summed E-state index contributed by atoms with van der Waals surface area (Å²) in [6, 6.07) is 9.91. The van der Waals surface area contributed by atoms with Gasteiger partial charge in [0, 0.05) is 11.0 Å². The highest BCUT2D eigenvalue weighted by molar-refractivity contribution is 7.18. The fourth-order valence-electron chi connectivity index (χ4n) is 2.91. The normalized spacial score (nSPS) is 14.5. The third-order valence-corrected chi connectivity index (χ3v) is 5.17. The van der Waals surface area contributed by atoms with E-state index in [9.17, 15) is 4.79 Å². The van der Waals surface area contributed by atoms with E-state index >= 15 is 0 Å². The molecule has 3 aromatic rings.